The zero-order valence-electron chi connectivity index (χ0n) is 14.2. The van der Waals surface area contributed by atoms with Crippen molar-refractivity contribution < 1.29 is 9.59 Å². The van der Waals surface area contributed by atoms with Gasteiger partial charge in [-0.05, 0) is 62.6 Å². The van der Waals surface area contributed by atoms with Gasteiger partial charge in [-0.2, -0.15) is 0 Å². The molecule has 1 saturated heterocycles. The van der Waals surface area contributed by atoms with Crippen molar-refractivity contribution in [2.75, 3.05) is 24.5 Å². The fourth-order valence-electron chi connectivity index (χ4n) is 3.08. The van der Waals surface area contributed by atoms with Crippen molar-refractivity contribution in [3.8, 4) is 0 Å². The highest BCUT2D eigenvalue weighted by Crippen LogP contribution is 2.20. The second-order valence-corrected chi connectivity index (χ2v) is 6.82. The maximum Gasteiger partial charge on any atom is 0.309 e. The smallest absolute Gasteiger partial charge is 0.309 e. The fraction of sp³-hybridized carbons (Fsp3) is 0.579. The van der Waals surface area contributed by atoms with Crippen LogP contribution in [0.5, 0.6) is 0 Å². The quantitative estimate of drug-likeness (QED) is 0.620. The van der Waals surface area contributed by atoms with E-state index in [-0.39, 0.29) is 6.04 Å². The number of hydrogen-bond acceptors (Lipinski definition) is 3. The second-order valence-electron chi connectivity index (χ2n) is 6.82. The maximum absolute atomic E-state index is 11.6. The van der Waals surface area contributed by atoms with Crippen molar-refractivity contribution in [2.45, 2.75) is 51.0 Å². The minimum atomic E-state index is -0.512. The molecule has 2 aliphatic rings. The molecule has 5 nitrogen and oxygen atoms in total. The third-order valence-electron chi connectivity index (χ3n) is 4.70. The van der Waals surface area contributed by atoms with Crippen LogP contribution in [0.25, 0.3) is 0 Å². The number of hydrogen-bond donors (Lipinski definition) is 2. The molecule has 1 heterocycles. The van der Waals surface area contributed by atoms with Crippen molar-refractivity contribution in [3.63, 3.8) is 0 Å². The van der Waals surface area contributed by atoms with Gasteiger partial charge in [0, 0.05) is 31.4 Å². The van der Waals surface area contributed by atoms with Gasteiger partial charge in [0.2, 0.25) is 0 Å². The number of amides is 2. The molecule has 0 radical (unpaired) electrons. The summed E-state index contributed by atoms with van der Waals surface area (Å²) in [5.74, 6) is -1.01. The van der Waals surface area contributed by atoms with E-state index in [1.165, 1.54) is 30.5 Å². The normalized spacial score (nSPS) is 17.4. The molecule has 0 aromatic heterocycles. The third-order valence-corrected chi connectivity index (χ3v) is 4.70. The van der Waals surface area contributed by atoms with E-state index in [4.69, 9.17) is 0 Å². The lowest BCUT2D eigenvalue weighted by atomic mass is 10.1. The molecule has 0 spiro atoms. The number of anilines is 1. The van der Waals surface area contributed by atoms with Gasteiger partial charge < -0.3 is 15.5 Å². The Morgan fingerprint density at radius 2 is 1.71 bits per heavy atom. The van der Waals surface area contributed by atoms with Crippen LogP contribution in [-0.2, 0) is 16.0 Å². The maximum atomic E-state index is 11.6. The van der Waals surface area contributed by atoms with Gasteiger partial charge in [-0.3, -0.25) is 9.59 Å². The van der Waals surface area contributed by atoms with E-state index in [2.05, 4.69) is 39.8 Å². The zero-order valence-corrected chi connectivity index (χ0v) is 14.2. The predicted octanol–water partition coefficient (Wildman–Crippen LogP) is 2.00. The first kappa shape index (κ1) is 16.8. The van der Waals surface area contributed by atoms with E-state index in [0.29, 0.717) is 6.54 Å². The van der Waals surface area contributed by atoms with Crippen molar-refractivity contribution in [1.29, 1.82) is 0 Å². The average molecular weight is 329 g/mol. The summed E-state index contributed by atoms with van der Waals surface area (Å²) in [5, 5.41) is 5.38. The van der Waals surface area contributed by atoms with E-state index in [0.717, 1.165) is 38.8 Å². The molecule has 0 unspecified atom stereocenters. The highest BCUT2D eigenvalue weighted by molar-refractivity contribution is 6.35. The van der Waals surface area contributed by atoms with E-state index in [1.807, 2.05) is 0 Å². The lowest BCUT2D eigenvalue weighted by Crippen LogP contribution is -2.41. The first-order valence-corrected chi connectivity index (χ1v) is 9.15. The number of aryl methyl sites for hydroxylation is 1. The second kappa shape index (κ2) is 8.18. The molecule has 5 heteroatoms. The van der Waals surface area contributed by atoms with Crippen molar-refractivity contribution in [1.82, 2.24) is 10.6 Å². The minimum Gasteiger partial charge on any atom is -0.372 e. The number of nitrogens with one attached hydrogen (secondary N) is 2. The molecule has 0 atom stereocenters. The molecular weight excluding hydrogens is 302 g/mol. The minimum absolute atomic E-state index is 0.224. The summed E-state index contributed by atoms with van der Waals surface area (Å²) >= 11 is 0. The Hall–Kier alpha value is -2.04. The van der Waals surface area contributed by atoms with Crippen LogP contribution in [0.2, 0.25) is 0 Å². The standard InChI is InChI=1S/C19H27N3O2/c23-18(19(24)21-16-8-9-16)20-12-4-5-15-6-10-17(11-7-15)22-13-2-1-3-14-22/h6-7,10-11,16H,1-5,8-9,12-14H2,(H,20,23)(H,21,24). The molecule has 130 valence electrons. The van der Waals surface area contributed by atoms with Crippen molar-refractivity contribution >= 4 is 17.5 Å². The predicted molar refractivity (Wildman–Crippen MR) is 95.0 cm³/mol. The van der Waals surface area contributed by atoms with Gasteiger partial charge in [-0.25, -0.2) is 0 Å². The summed E-state index contributed by atoms with van der Waals surface area (Å²) in [6.45, 7) is 2.85. The molecule has 3 rings (SSSR count). The van der Waals surface area contributed by atoms with E-state index in [9.17, 15) is 9.59 Å². The number of carbonyl (C=O) groups is 2. The number of carbonyl (C=O) groups excluding carboxylic acids is 2. The van der Waals surface area contributed by atoms with Gasteiger partial charge in [0.05, 0.1) is 0 Å². The summed E-state index contributed by atoms with van der Waals surface area (Å²) in [4.78, 5) is 25.6. The molecule has 1 aliphatic carbocycles. The van der Waals surface area contributed by atoms with Crippen molar-refractivity contribution in [3.05, 3.63) is 29.8 Å². The van der Waals surface area contributed by atoms with Gasteiger partial charge in [-0.1, -0.05) is 12.1 Å². The first-order valence-electron chi connectivity index (χ1n) is 9.15. The Kier molecular flexibility index (Phi) is 5.72. The van der Waals surface area contributed by atoms with Crippen LogP contribution >= 0.6 is 0 Å². The van der Waals surface area contributed by atoms with Crippen LogP contribution in [0.15, 0.2) is 24.3 Å². The topological polar surface area (TPSA) is 61.4 Å². The SMILES string of the molecule is O=C(NCCCc1ccc(N2CCCCC2)cc1)C(=O)NC1CC1. The lowest BCUT2D eigenvalue weighted by molar-refractivity contribution is -0.139. The Bertz CT molecular complexity index is 560. The van der Waals surface area contributed by atoms with Gasteiger partial charge in [-0.15, -0.1) is 0 Å². The van der Waals surface area contributed by atoms with E-state index in [1.54, 1.807) is 0 Å². The Morgan fingerprint density at radius 1 is 1.00 bits per heavy atom. The molecule has 2 N–H and O–H groups in total. The highest BCUT2D eigenvalue weighted by atomic mass is 16.2. The number of nitrogens with zero attached hydrogens (tertiary/aromatic N) is 1. The fourth-order valence-corrected chi connectivity index (χ4v) is 3.08. The summed E-state index contributed by atoms with van der Waals surface area (Å²) in [5.41, 5.74) is 2.58. The Morgan fingerprint density at radius 3 is 2.38 bits per heavy atom. The molecule has 2 fully saturated rings. The monoisotopic (exact) mass is 329 g/mol. The van der Waals surface area contributed by atoms with Crippen LogP contribution < -0.4 is 15.5 Å². The van der Waals surface area contributed by atoms with Crippen LogP contribution in [0.1, 0.15) is 44.1 Å². The molecule has 0 bridgehead atoms. The molecule has 1 aromatic rings. The zero-order chi connectivity index (χ0) is 16.8. The van der Waals surface area contributed by atoms with Gasteiger partial charge in [0.25, 0.3) is 0 Å². The van der Waals surface area contributed by atoms with Gasteiger partial charge >= 0.3 is 11.8 Å². The summed E-state index contributed by atoms with van der Waals surface area (Å²) in [6, 6.07) is 8.96. The first-order chi connectivity index (χ1) is 11.7. The Labute approximate surface area is 143 Å². The van der Waals surface area contributed by atoms with Crippen LogP contribution in [-0.4, -0.2) is 37.5 Å². The molecule has 1 saturated carbocycles. The van der Waals surface area contributed by atoms with Crippen LogP contribution in [0.3, 0.4) is 0 Å². The Balaban J connectivity index is 1.35. The molecule has 1 aliphatic heterocycles. The molecule has 2 amide bonds. The van der Waals surface area contributed by atoms with Crippen molar-refractivity contribution in [2.24, 2.45) is 0 Å². The van der Waals surface area contributed by atoms with Crippen LogP contribution in [0, 0.1) is 0 Å². The molecule has 24 heavy (non-hydrogen) atoms. The molecular formula is C19H27N3O2. The average Bonchev–Trinajstić information content (AvgIpc) is 3.44. The molecule has 1 aromatic carbocycles. The van der Waals surface area contributed by atoms with Gasteiger partial charge in [0.15, 0.2) is 0 Å². The largest absolute Gasteiger partial charge is 0.372 e. The number of rotatable bonds is 6. The lowest BCUT2D eigenvalue weighted by Gasteiger charge is -2.28. The van der Waals surface area contributed by atoms with Gasteiger partial charge in [0.1, 0.15) is 0 Å². The summed E-state index contributed by atoms with van der Waals surface area (Å²) < 4.78 is 0. The highest BCUT2D eigenvalue weighted by Gasteiger charge is 2.26. The summed E-state index contributed by atoms with van der Waals surface area (Å²) in [6.07, 6.45) is 7.65. The van der Waals surface area contributed by atoms with E-state index >= 15 is 0 Å². The summed E-state index contributed by atoms with van der Waals surface area (Å²) in [7, 11) is 0. The van der Waals surface area contributed by atoms with E-state index < -0.39 is 11.8 Å². The van der Waals surface area contributed by atoms with Crippen LogP contribution in [0.4, 0.5) is 5.69 Å². The number of piperidine rings is 1. The number of benzene rings is 1. The third kappa shape index (κ3) is 4.98.